The number of hydrogen-bond donors (Lipinski definition) is 0. The Bertz CT molecular complexity index is 515. The summed E-state index contributed by atoms with van der Waals surface area (Å²) in [5, 5.41) is 3.11. The van der Waals surface area contributed by atoms with E-state index in [1.165, 1.54) is 12.1 Å². The SMILES string of the molecule is CCc1nc(COc2ccc(F)c(Cl)c2)cs1. The first-order valence-corrected chi connectivity index (χ1v) is 6.46. The van der Waals surface area contributed by atoms with Gasteiger partial charge in [-0.3, -0.25) is 0 Å². The number of hydrogen-bond acceptors (Lipinski definition) is 3. The molecule has 2 nitrogen and oxygen atoms in total. The molecule has 1 aromatic carbocycles. The second-order valence-corrected chi connectivity index (χ2v) is 4.80. The van der Waals surface area contributed by atoms with Crippen LogP contribution in [0.3, 0.4) is 0 Å². The Hall–Kier alpha value is -1.13. The zero-order chi connectivity index (χ0) is 12.3. The number of aryl methyl sites for hydroxylation is 1. The van der Waals surface area contributed by atoms with Crippen LogP contribution in [0.15, 0.2) is 23.6 Å². The molecule has 90 valence electrons. The lowest BCUT2D eigenvalue weighted by atomic mass is 10.3. The summed E-state index contributed by atoms with van der Waals surface area (Å²) in [5.41, 5.74) is 0.882. The van der Waals surface area contributed by atoms with Gasteiger partial charge >= 0.3 is 0 Å². The van der Waals surface area contributed by atoms with Gasteiger partial charge < -0.3 is 4.74 Å². The third-order valence-corrected chi connectivity index (χ3v) is 3.51. The zero-order valence-electron chi connectivity index (χ0n) is 9.24. The lowest BCUT2D eigenvalue weighted by Gasteiger charge is -2.04. The highest BCUT2D eigenvalue weighted by Gasteiger charge is 2.04. The van der Waals surface area contributed by atoms with E-state index in [2.05, 4.69) is 11.9 Å². The molecule has 5 heteroatoms. The van der Waals surface area contributed by atoms with Crippen molar-refractivity contribution in [1.29, 1.82) is 0 Å². The van der Waals surface area contributed by atoms with Crippen LogP contribution in [-0.4, -0.2) is 4.98 Å². The summed E-state index contributed by atoms with van der Waals surface area (Å²) in [5.74, 6) is 0.100. The molecule has 0 N–H and O–H groups in total. The minimum atomic E-state index is -0.444. The van der Waals surface area contributed by atoms with E-state index in [0.29, 0.717) is 12.4 Å². The van der Waals surface area contributed by atoms with Gasteiger partial charge in [-0.15, -0.1) is 11.3 Å². The average molecular weight is 272 g/mol. The standard InChI is InChI=1S/C12H11ClFNOS/c1-2-12-15-8(7-17-12)6-16-9-3-4-11(14)10(13)5-9/h3-5,7H,2,6H2,1H3. The maximum Gasteiger partial charge on any atom is 0.142 e. The molecule has 0 spiro atoms. The molecular formula is C12H11ClFNOS. The van der Waals surface area contributed by atoms with Crippen LogP contribution >= 0.6 is 22.9 Å². The normalized spacial score (nSPS) is 10.5. The Morgan fingerprint density at radius 2 is 2.29 bits per heavy atom. The number of thiazole rings is 1. The number of ether oxygens (including phenoxy) is 1. The van der Waals surface area contributed by atoms with Gasteiger partial charge in [0.25, 0.3) is 0 Å². The summed E-state index contributed by atoms with van der Waals surface area (Å²) >= 11 is 7.27. The molecule has 0 aliphatic heterocycles. The molecule has 1 heterocycles. The van der Waals surface area contributed by atoms with Gasteiger partial charge in [-0.25, -0.2) is 9.37 Å². The van der Waals surface area contributed by atoms with Crippen LogP contribution in [0.1, 0.15) is 17.6 Å². The Balaban J connectivity index is 1.99. The van der Waals surface area contributed by atoms with Gasteiger partial charge in [0, 0.05) is 11.4 Å². The highest BCUT2D eigenvalue weighted by atomic mass is 35.5. The summed E-state index contributed by atoms with van der Waals surface area (Å²) < 4.78 is 18.4. The minimum absolute atomic E-state index is 0.0648. The van der Waals surface area contributed by atoms with E-state index in [9.17, 15) is 4.39 Å². The second-order valence-electron chi connectivity index (χ2n) is 3.45. The van der Waals surface area contributed by atoms with Gasteiger partial charge in [0.15, 0.2) is 0 Å². The van der Waals surface area contributed by atoms with Gasteiger partial charge in [0.05, 0.1) is 15.7 Å². The summed E-state index contributed by atoms with van der Waals surface area (Å²) in [6.45, 7) is 2.43. The zero-order valence-corrected chi connectivity index (χ0v) is 10.8. The van der Waals surface area contributed by atoms with Crippen molar-refractivity contribution in [2.75, 3.05) is 0 Å². The first-order valence-electron chi connectivity index (χ1n) is 5.20. The molecule has 0 unspecified atom stereocenters. The molecule has 0 bridgehead atoms. The molecule has 17 heavy (non-hydrogen) atoms. The van der Waals surface area contributed by atoms with E-state index in [0.717, 1.165) is 17.1 Å². The van der Waals surface area contributed by atoms with Gasteiger partial charge in [0.1, 0.15) is 18.2 Å². The van der Waals surface area contributed by atoms with Crippen molar-refractivity contribution in [3.63, 3.8) is 0 Å². The van der Waals surface area contributed by atoms with Crippen molar-refractivity contribution in [1.82, 2.24) is 4.98 Å². The fourth-order valence-electron chi connectivity index (χ4n) is 1.30. The van der Waals surface area contributed by atoms with Crippen molar-refractivity contribution in [2.24, 2.45) is 0 Å². The Morgan fingerprint density at radius 1 is 1.47 bits per heavy atom. The maximum absolute atomic E-state index is 12.9. The van der Waals surface area contributed by atoms with Crippen LogP contribution in [0.25, 0.3) is 0 Å². The lowest BCUT2D eigenvalue weighted by Crippen LogP contribution is -1.96. The van der Waals surface area contributed by atoms with Crippen LogP contribution in [0.2, 0.25) is 5.02 Å². The Labute approximate surface area is 108 Å². The molecule has 0 aliphatic rings. The highest BCUT2D eigenvalue weighted by molar-refractivity contribution is 7.09. The predicted octanol–water partition coefficient (Wildman–Crippen LogP) is 4.08. The fourth-order valence-corrected chi connectivity index (χ4v) is 2.20. The van der Waals surface area contributed by atoms with Crippen molar-refractivity contribution < 1.29 is 9.13 Å². The van der Waals surface area contributed by atoms with Crippen molar-refractivity contribution in [3.8, 4) is 5.75 Å². The first-order chi connectivity index (χ1) is 8.19. The molecule has 0 radical (unpaired) electrons. The third kappa shape index (κ3) is 3.17. The van der Waals surface area contributed by atoms with Gasteiger partial charge in [-0.05, 0) is 18.6 Å². The van der Waals surface area contributed by atoms with E-state index in [-0.39, 0.29) is 5.02 Å². The predicted molar refractivity (Wildman–Crippen MR) is 67.2 cm³/mol. The molecule has 0 fully saturated rings. The van der Waals surface area contributed by atoms with E-state index in [1.54, 1.807) is 17.4 Å². The van der Waals surface area contributed by atoms with Crippen LogP contribution in [-0.2, 0) is 13.0 Å². The summed E-state index contributed by atoms with van der Waals surface area (Å²) in [6, 6.07) is 4.30. The van der Waals surface area contributed by atoms with E-state index >= 15 is 0 Å². The molecule has 1 aromatic heterocycles. The molecule has 0 amide bonds. The molecule has 0 saturated heterocycles. The molecule has 2 rings (SSSR count). The Morgan fingerprint density at radius 3 is 2.94 bits per heavy atom. The number of benzene rings is 1. The van der Waals surface area contributed by atoms with Crippen LogP contribution < -0.4 is 4.74 Å². The number of nitrogens with zero attached hydrogens (tertiary/aromatic N) is 1. The molecular weight excluding hydrogens is 261 g/mol. The van der Waals surface area contributed by atoms with Crippen molar-refractivity contribution in [2.45, 2.75) is 20.0 Å². The highest BCUT2D eigenvalue weighted by Crippen LogP contribution is 2.22. The number of rotatable bonds is 4. The molecule has 2 aromatic rings. The fraction of sp³-hybridized carbons (Fsp3) is 0.250. The topological polar surface area (TPSA) is 22.1 Å². The van der Waals surface area contributed by atoms with Crippen LogP contribution in [0.5, 0.6) is 5.75 Å². The number of aromatic nitrogens is 1. The minimum Gasteiger partial charge on any atom is -0.487 e. The smallest absolute Gasteiger partial charge is 0.142 e. The van der Waals surface area contributed by atoms with Gasteiger partial charge in [-0.2, -0.15) is 0 Å². The van der Waals surface area contributed by atoms with E-state index in [1.807, 2.05) is 5.38 Å². The van der Waals surface area contributed by atoms with Gasteiger partial charge in [0.2, 0.25) is 0 Å². The van der Waals surface area contributed by atoms with Crippen molar-refractivity contribution >= 4 is 22.9 Å². The summed E-state index contributed by atoms with van der Waals surface area (Å²) in [4.78, 5) is 4.37. The Kier molecular flexibility index (Phi) is 3.97. The second kappa shape index (κ2) is 5.47. The summed E-state index contributed by atoms with van der Waals surface area (Å²) in [7, 11) is 0. The number of halogens is 2. The van der Waals surface area contributed by atoms with E-state index in [4.69, 9.17) is 16.3 Å². The monoisotopic (exact) mass is 271 g/mol. The molecule has 0 atom stereocenters. The van der Waals surface area contributed by atoms with Crippen LogP contribution in [0, 0.1) is 5.82 Å². The first kappa shape index (κ1) is 12.3. The maximum atomic E-state index is 12.9. The van der Waals surface area contributed by atoms with Crippen molar-refractivity contribution in [3.05, 3.63) is 45.1 Å². The largest absolute Gasteiger partial charge is 0.487 e. The lowest BCUT2D eigenvalue weighted by molar-refractivity contribution is 0.301. The van der Waals surface area contributed by atoms with Crippen LogP contribution in [0.4, 0.5) is 4.39 Å². The molecule has 0 saturated carbocycles. The summed E-state index contributed by atoms with van der Waals surface area (Å²) in [6.07, 6.45) is 0.924. The van der Waals surface area contributed by atoms with Gasteiger partial charge in [-0.1, -0.05) is 18.5 Å². The quantitative estimate of drug-likeness (QED) is 0.836. The molecule has 0 aliphatic carbocycles. The third-order valence-electron chi connectivity index (χ3n) is 2.18. The van der Waals surface area contributed by atoms with E-state index < -0.39 is 5.82 Å². The average Bonchev–Trinajstić information content (AvgIpc) is 2.79.